The molecule has 2 N–H and O–H groups in total. The number of rotatable bonds is 5. The van der Waals surface area contributed by atoms with Crippen LogP contribution in [0.2, 0.25) is 5.02 Å². The Morgan fingerprint density at radius 1 is 1.09 bits per heavy atom. The molecule has 112 valence electrons. The minimum Gasteiger partial charge on any atom is -0.385 e. The zero-order valence-electron chi connectivity index (χ0n) is 11.8. The maximum Gasteiger partial charge on any atom is 0.347 e. The van der Waals surface area contributed by atoms with Crippen LogP contribution in [0.4, 0.5) is 5.69 Å². The number of hydrogen-bond acceptors (Lipinski definition) is 3. The van der Waals surface area contributed by atoms with Crippen molar-refractivity contribution in [3.05, 3.63) is 75.9 Å². The van der Waals surface area contributed by atoms with E-state index in [2.05, 4.69) is 15.5 Å². The molecule has 0 unspecified atom stereocenters. The molecule has 1 heterocycles. The summed E-state index contributed by atoms with van der Waals surface area (Å²) in [6, 6.07) is 17.0. The van der Waals surface area contributed by atoms with E-state index in [1.807, 2.05) is 54.6 Å². The van der Waals surface area contributed by atoms with Crippen LogP contribution in [0.15, 0.2) is 59.4 Å². The third kappa shape index (κ3) is 3.20. The number of H-pyrrole nitrogens is 1. The lowest BCUT2D eigenvalue weighted by Crippen LogP contribution is -2.18. The molecule has 0 bridgehead atoms. The van der Waals surface area contributed by atoms with Gasteiger partial charge in [-0.05, 0) is 36.4 Å². The highest BCUT2D eigenvalue weighted by atomic mass is 35.5. The van der Waals surface area contributed by atoms with E-state index in [4.69, 9.17) is 11.6 Å². The average molecular weight is 315 g/mol. The van der Waals surface area contributed by atoms with Gasteiger partial charge in [-0.15, -0.1) is 0 Å². The van der Waals surface area contributed by atoms with Gasteiger partial charge >= 0.3 is 5.69 Å². The van der Waals surface area contributed by atoms with Crippen LogP contribution in [0.5, 0.6) is 0 Å². The SMILES string of the molecule is O=c1[nH]nc(CCNc2ccc(Cl)cc2)n1-c1ccccc1. The Hall–Kier alpha value is -2.53. The summed E-state index contributed by atoms with van der Waals surface area (Å²) in [4.78, 5) is 11.9. The van der Waals surface area contributed by atoms with Gasteiger partial charge in [0.25, 0.3) is 0 Å². The Labute approximate surface area is 132 Å². The summed E-state index contributed by atoms with van der Waals surface area (Å²) in [7, 11) is 0. The van der Waals surface area contributed by atoms with E-state index < -0.39 is 0 Å². The first-order valence-electron chi connectivity index (χ1n) is 6.95. The summed E-state index contributed by atoms with van der Waals surface area (Å²) in [5.74, 6) is 0.692. The van der Waals surface area contributed by atoms with E-state index >= 15 is 0 Å². The van der Waals surface area contributed by atoms with E-state index in [1.54, 1.807) is 4.57 Å². The summed E-state index contributed by atoms with van der Waals surface area (Å²) in [5, 5.41) is 10.6. The van der Waals surface area contributed by atoms with Gasteiger partial charge in [-0.3, -0.25) is 0 Å². The normalized spacial score (nSPS) is 10.6. The topological polar surface area (TPSA) is 62.7 Å². The third-order valence-electron chi connectivity index (χ3n) is 3.28. The molecule has 0 saturated heterocycles. The molecule has 2 aromatic carbocycles. The summed E-state index contributed by atoms with van der Waals surface area (Å²) in [5.41, 5.74) is 1.56. The Morgan fingerprint density at radius 3 is 2.55 bits per heavy atom. The predicted octanol–water partition coefficient (Wildman–Crippen LogP) is 2.87. The maximum absolute atomic E-state index is 11.9. The monoisotopic (exact) mass is 314 g/mol. The van der Waals surface area contributed by atoms with Crippen molar-refractivity contribution in [2.45, 2.75) is 6.42 Å². The van der Waals surface area contributed by atoms with Crippen molar-refractivity contribution in [2.75, 3.05) is 11.9 Å². The second-order valence-electron chi connectivity index (χ2n) is 4.80. The van der Waals surface area contributed by atoms with Crippen LogP contribution in [0.3, 0.4) is 0 Å². The van der Waals surface area contributed by atoms with Crippen LogP contribution in [-0.4, -0.2) is 21.3 Å². The number of nitrogens with one attached hydrogen (secondary N) is 2. The predicted molar refractivity (Wildman–Crippen MR) is 87.8 cm³/mol. The van der Waals surface area contributed by atoms with Crippen molar-refractivity contribution in [3.8, 4) is 5.69 Å². The highest BCUT2D eigenvalue weighted by Gasteiger charge is 2.09. The quantitative estimate of drug-likeness (QED) is 0.761. The summed E-state index contributed by atoms with van der Waals surface area (Å²) >= 11 is 5.85. The van der Waals surface area contributed by atoms with E-state index in [1.165, 1.54) is 0 Å². The number of halogens is 1. The number of benzene rings is 2. The fraction of sp³-hybridized carbons (Fsp3) is 0.125. The molecular formula is C16H15ClN4O. The lowest BCUT2D eigenvalue weighted by Gasteiger charge is -2.08. The molecule has 0 aliphatic carbocycles. The van der Waals surface area contributed by atoms with E-state index in [0.29, 0.717) is 23.8 Å². The number of anilines is 1. The molecule has 1 aromatic heterocycles. The minimum absolute atomic E-state index is 0.229. The molecule has 6 heteroatoms. The van der Waals surface area contributed by atoms with Crippen LogP contribution >= 0.6 is 11.6 Å². The van der Waals surface area contributed by atoms with Crippen molar-refractivity contribution >= 4 is 17.3 Å². The van der Waals surface area contributed by atoms with Gasteiger partial charge in [0.15, 0.2) is 0 Å². The largest absolute Gasteiger partial charge is 0.385 e. The maximum atomic E-state index is 11.9. The van der Waals surface area contributed by atoms with Crippen LogP contribution in [0.25, 0.3) is 5.69 Å². The van der Waals surface area contributed by atoms with E-state index in [-0.39, 0.29) is 5.69 Å². The van der Waals surface area contributed by atoms with E-state index in [0.717, 1.165) is 11.4 Å². The van der Waals surface area contributed by atoms with Crippen molar-refractivity contribution in [3.63, 3.8) is 0 Å². The lowest BCUT2D eigenvalue weighted by atomic mass is 10.3. The zero-order chi connectivity index (χ0) is 15.4. The highest BCUT2D eigenvalue weighted by molar-refractivity contribution is 6.30. The highest BCUT2D eigenvalue weighted by Crippen LogP contribution is 2.13. The van der Waals surface area contributed by atoms with Crippen molar-refractivity contribution < 1.29 is 0 Å². The second kappa shape index (κ2) is 6.49. The molecule has 5 nitrogen and oxygen atoms in total. The van der Waals surface area contributed by atoms with Gasteiger partial charge in [-0.25, -0.2) is 14.5 Å². The minimum atomic E-state index is -0.229. The molecule has 0 spiro atoms. The number of para-hydroxylation sites is 1. The number of nitrogens with zero attached hydrogens (tertiary/aromatic N) is 2. The van der Waals surface area contributed by atoms with Gasteiger partial charge in [0.05, 0.1) is 5.69 Å². The fourth-order valence-electron chi connectivity index (χ4n) is 2.23. The van der Waals surface area contributed by atoms with Crippen LogP contribution < -0.4 is 11.0 Å². The lowest BCUT2D eigenvalue weighted by molar-refractivity contribution is 0.843. The molecule has 22 heavy (non-hydrogen) atoms. The van der Waals surface area contributed by atoms with Gasteiger partial charge in [0.2, 0.25) is 0 Å². The number of hydrogen-bond donors (Lipinski definition) is 2. The zero-order valence-corrected chi connectivity index (χ0v) is 12.5. The van der Waals surface area contributed by atoms with Crippen LogP contribution in [0.1, 0.15) is 5.82 Å². The molecule has 0 saturated carbocycles. The smallest absolute Gasteiger partial charge is 0.347 e. The van der Waals surface area contributed by atoms with Crippen LogP contribution in [-0.2, 0) is 6.42 Å². The van der Waals surface area contributed by atoms with E-state index in [9.17, 15) is 4.79 Å². The van der Waals surface area contributed by atoms with Gasteiger partial charge in [-0.1, -0.05) is 29.8 Å². The number of aromatic amines is 1. The first-order chi connectivity index (χ1) is 10.7. The molecular weight excluding hydrogens is 300 g/mol. The van der Waals surface area contributed by atoms with Gasteiger partial charge in [0.1, 0.15) is 5.82 Å². The molecule has 0 radical (unpaired) electrons. The second-order valence-corrected chi connectivity index (χ2v) is 5.24. The Morgan fingerprint density at radius 2 is 1.82 bits per heavy atom. The Kier molecular flexibility index (Phi) is 4.25. The molecule has 0 aliphatic rings. The molecule has 0 atom stereocenters. The van der Waals surface area contributed by atoms with Crippen LogP contribution in [0, 0.1) is 0 Å². The first-order valence-corrected chi connectivity index (χ1v) is 7.33. The van der Waals surface area contributed by atoms with Gasteiger partial charge < -0.3 is 5.32 Å². The number of aromatic nitrogens is 3. The molecule has 3 rings (SSSR count). The molecule has 0 amide bonds. The Balaban J connectivity index is 1.71. The Bertz CT molecular complexity index is 793. The molecule has 0 aliphatic heterocycles. The van der Waals surface area contributed by atoms with Gasteiger partial charge in [0, 0.05) is 23.7 Å². The summed E-state index contributed by atoms with van der Waals surface area (Å²) < 4.78 is 1.59. The average Bonchev–Trinajstić information content (AvgIpc) is 2.91. The summed E-state index contributed by atoms with van der Waals surface area (Å²) in [6.45, 7) is 0.665. The standard InChI is InChI=1S/C16H15ClN4O/c17-12-6-8-13(9-7-12)18-11-10-15-19-20-16(22)21(15)14-4-2-1-3-5-14/h1-9,18H,10-11H2,(H,20,22). The molecule has 0 fully saturated rings. The summed E-state index contributed by atoms with van der Waals surface area (Å²) in [6.07, 6.45) is 0.621. The first kappa shape index (κ1) is 14.4. The molecule has 3 aromatic rings. The fourth-order valence-corrected chi connectivity index (χ4v) is 2.35. The van der Waals surface area contributed by atoms with Crippen molar-refractivity contribution in [1.82, 2.24) is 14.8 Å². The van der Waals surface area contributed by atoms with Gasteiger partial charge in [-0.2, -0.15) is 5.10 Å². The third-order valence-corrected chi connectivity index (χ3v) is 3.53. The van der Waals surface area contributed by atoms with Crippen molar-refractivity contribution in [1.29, 1.82) is 0 Å². The van der Waals surface area contributed by atoms with Crippen molar-refractivity contribution in [2.24, 2.45) is 0 Å².